The van der Waals surface area contributed by atoms with Crippen molar-refractivity contribution in [3.8, 4) is 5.75 Å². The van der Waals surface area contributed by atoms with Crippen LogP contribution in [-0.2, 0) is 0 Å². The van der Waals surface area contributed by atoms with Gasteiger partial charge in [-0.2, -0.15) is 0 Å². The number of anilines is 2. The van der Waals surface area contributed by atoms with Gasteiger partial charge in [0.25, 0.3) is 0 Å². The van der Waals surface area contributed by atoms with Crippen LogP contribution in [0.25, 0.3) is 11.0 Å². The number of nitrogens with two attached hydrogens (primary N) is 1. The van der Waals surface area contributed by atoms with E-state index in [1.165, 1.54) is 12.1 Å². The van der Waals surface area contributed by atoms with E-state index in [2.05, 4.69) is 5.32 Å². The van der Waals surface area contributed by atoms with E-state index in [1.54, 1.807) is 24.3 Å². The minimum atomic E-state index is -1.06. The van der Waals surface area contributed by atoms with Gasteiger partial charge in [-0.15, -0.1) is 0 Å². The maximum atomic E-state index is 13.1. The fourth-order valence-electron chi connectivity index (χ4n) is 4.60. The van der Waals surface area contributed by atoms with Gasteiger partial charge in [-0.25, -0.2) is 4.79 Å². The Kier molecular flexibility index (Phi) is 5.89. The molecule has 0 aliphatic carbocycles. The highest BCUT2D eigenvalue weighted by atomic mass is 16.5. The van der Waals surface area contributed by atoms with Crippen molar-refractivity contribution >= 4 is 28.5 Å². The first-order chi connectivity index (χ1) is 17.2. The lowest BCUT2D eigenvalue weighted by Crippen LogP contribution is -2.63. The quantitative estimate of drug-likeness (QED) is 0.327. The molecule has 0 amide bonds. The molecule has 1 aliphatic rings. The summed E-state index contributed by atoms with van der Waals surface area (Å²) in [6.07, 6.45) is -0.811. The summed E-state index contributed by atoms with van der Waals surface area (Å²) in [5.74, 6) is 0.160. The third-order valence-electron chi connectivity index (χ3n) is 6.26. The molecule has 1 fully saturated rings. The normalized spacial score (nSPS) is 15.2. The molecule has 8 nitrogen and oxygen atoms in total. The van der Waals surface area contributed by atoms with E-state index in [0.717, 1.165) is 11.3 Å². The van der Waals surface area contributed by atoms with Gasteiger partial charge in [-0.1, -0.05) is 30.3 Å². The zero-order chi connectivity index (χ0) is 25.4. The third-order valence-corrected chi connectivity index (χ3v) is 6.26. The van der Waals surface area contributed by atoms with Crippen LogP contribution >= 0.6 is 0 Å². The molecule has 4 aromatic rings. The molecule has 1 unspecified atom stereocenters. The minimum Gasteiger partial charge on any atom is -0.484 e. The number of carbonyl (C=O) groups is 1. The van der Waals surface area contributed by atoms with Crippen LogP contribution in [0.3, 0.4) is 0 Å². The number of hydrogen-bond donors (Lipinski definition) is 3. The molecule has 2 heterocycles. The molecule has 3 aromatic carbocycles. The van der Waals surface area contributed by atoms with Crippen molar-refractivity contribution in [2.75, 3.05) is 23.3 Å². The highest BCUT2D eigenvalue weighted by molar-refractivity contribution is 5.94. The molecule has 36 heavy (non-hydrogen) atoms. The number of nitrogens with one attached hydrogen (secondary N) is 1. The predicted molar refractivity (Wildman–Crippen MR) is 139 cm³/mol. The van der Waals surface area contributed by atoms with E-state index in [0.29, 0.717) is 41.2 Å². The minimum absolute atomic E-state index is 0.102. The Bertz CT molecular complexity index is 1490. The molecular weight excluding hydrogens is 458 g/mol. The zero-order valence-electron chi connectivity index (χ0n) is 20.0. The molecule has 1 atom stereocenters. The molecule has 0 spiro atoms. The summed E-state index contributed by atoms with van der Waals surface area (Å²) in [7, 11) is 0. The van der Waals surface area contributed by atoms with Crippen molar-refractivity contribution < 1.29 is 19.1 Å². The van der Waals surface area contributed by atoms with Crippen LogP contribution in [0.5, 0.6) is 5.75 Å². The molecule has 184 valence electrons. The van der Waals surface area contributed by atoms with E-state index in [9.17, 15) is 14.7 Å². The number of ether oxygens (including phenoxy) is 1. The van der Waals surface area contributed by atoms with Gasteiger partial charge in [-0.3, -0.25) is 4.79 Å². The van der Waals surface area contributed by atoms with Crippen LogP contribution in [0.4, 0.5) is 11.6 Å². The molecule has 8 heteroatoms. The molecule has 1 aromatic heterocycles. The molecule has 0 radical (unpaired) electrons. The topological polar surface area (TPSA) is 118 Å². The molecule has 1 saturated heterocycles. The number of para-hydroxylation sites is 2. The van der Waals surface area contributed by atoms with Gasteiger partial charge in [0.15, 0.2) is 11.3 Å². The Hall–Kier alpha value is -4.30. The monoisotopic (exact) mass is 485 g/mol. The lowest BCUT2D eigenvalue weighted by Gasteiger charge is -2.47. The number of hydrogen-bond acceptors (Lipinski definition) is 7. The maximum absolute atomic E-state index is 13.1. The number of carboxylic acids is 1. The molecule has 0 saturated carbocycles. The van der Waals surface area contributed by atoms with Gasteiger partial charge in [0.1, 0.15) is 23.1 Å². The SMILES string of the molecule is Cc1cc(C(N)Nc2ccccc2C(=O)O)c2oc(N3CC(C)(Oc4ccccc4)C3)cc(=O)c2c1. The third kappa shape index (κ3) is 4.50. The molecule has 5 rings (SSSR count). The second-order valence-corrected chi connectivity index (χ2v) is 9.37. The lowest BCUT2D eigenvalue weighted by molar-refractivity contribution is 0.0552. The maximum Gasteiger partial charge on any atom is 0.337 e. The van der Waals surface area contributed by atoms with E-state index >= 15 is 0 Å². The van der Waals surface area contributed by atoms with Crippen LogP contribution < -0.4 is 26.1 Å². The van der Waals surface area contributed by atoms with Gasteiger partial charge in [0.2, 0.25) is 0 Å². The Morgan fingerprint density at radius 1 is 1.11 bits per heavy atom. The van der Waals surface area contributed by atoms with Gasteiger partial charge >= 0.3 is 5.97 Å². The standard InChI is InChI=1S/C28H27N3O5/c1-17-12-20-23(32)14-24(31-15-28(2,16-31)36-18-8-4-3-5-9-18)35-25(20)21(13-17)26(29)30-22-11-7-6-10-19(22)27(33)34/h3-14,26,30H,15-16,29H2,1-2H3,(H,33,34). The first kappa shape index (κ1) is 23.4. The highest BCUT2D eigenvalue weighted by Gasteiger charge is 2.42. The summed E-state index contributed by atoms with van der Waals surface area (Å²) >= 11 is 0. The van der Waals surface area contributed by atoms with E-state index in [1.807, 2.05) is 55.1 Å². The summed E-state index contributed by atoms with van der Waals surface area (Å²) in [5, 5.41) is 13.0. The fraction of sp³-hybridized carbons (Fsp3) is 0.214. The van der Waals surface area contributed by atoms with Gasteiger partial charge < -0.3 is 30.2 Å². The number of aryl methyl sites for hydroxylation is 1. The van der Waals surface area contributed by atoms with Gasteiger partial charge in [-0.05, 0) is 55.8 Å². The lowest BCUT2D eigenvalue weighted by atomic mass is 9.96. The zero-order valence-corrected chi connectivity index (χ0v) is 20.0. The van der Waals surface area contributed by atoms with Gasteiger partial charge in [0.05, 0.1) is 29.7 Å². The molecule has 4 N–H and O–H groups in total. The van der Waals surface area contributed by atoms with Crippen LogP contribution in [0.1, 0.15) is 34.6 Å². The van der Waals surface area contributed by atoms with E-state index in [-0.39, 0.29) is 11.0 Å². The predicted octanol–water partition coefficient (Wildman–Crippen LogP) is 4.53. The Morgan fingerprint density at radius 3 is 2.53 bits per heavy atom. The first-order valence-corrected chi connectivity index (χ1v) is 11.6. The largest absolute Gasteiger partial charge is 0.484 e. The summed E-state index contributed by atoms with van der Waals surface area (Å²) < 4.78 is 12.4. The van der Waals surface area contributed by atoms with Crippen LogP contribution in [0.15, 0.2) is 82.0 Å². The Labute approximate surface area is 207 Å². The highest BCUT2D eigenvalue weighted by Crippen LogP contribution is 2.34. The first-order valence-electron chi connectivity index (χ1n) is 11.6. The van der Waals surface area contributed by atoms with Crippen LogP contribution in [0, 0.1) is 6.92 Å². The summed E-state index contributed by atoms with van der Waals surface area (Å²) in [5.41, 5.74) is 8.15. The second-order valence-electron chi connectivity index (χ2n) is 9.37. The number of carboxylic acid groups (broad SMARTS) is 1. The number of nitrogens with zero attached hydrogens (tertiary/aromatic N) is 1. The number of aromatic carboxylic acids is 1. The Balaban J connectivity index is 1.45. The van der Waals surface area contributed by atoms with E-state index < -0.39 is 17.7 Å². The van der Waals surface area contributed by atoms with Crippen molar-refractivity contribution in [1.82, 2.24) is 0 Å². The molecule has 1 aliphatic heterocycles. The van der Waals surface area contributed by atoms with Crippen molar-refractivity contribution in [2.24, 2.45) is 5.73 Å². The average Bonchev–Trinajstić information content (AvgIpc) is 2.83. The van der Waals surface area contributed by atoms with Crippen molar-refractivity contribution in [2.45, 2.75) is 25.6 Å². The Morgan fingerprint density at radius 2 is 1.81 bits per heavy atom. The summed E-state index contributed by atoms with van der Waals surface area (Å²) in [6, 6.07) is 21.2. The summed E-state index contributed by atoms with van der Waals surface area (Å²) in [4.78, 5) is 26.6. The number of rotatable bonds is 7. The summed E-state index contributed by atoms with van der Waals surface area (Å²) in [6.45, 7) is 4.99. The number of benzene rings is 3. The smallest absolute Gasteiger partial charge is 0.337 e. The van der Waals surface area contributed by atoms with Gasteiger partial charge in [0, 0.05) is 11.6 Å². The van der Waals surface area contributed by atoms with Crippen LogP contribution in [-0.4, -0.2) is 29.8 Å². The van der Waals surface area contributed by atoms with Crippen molar-refractivity contribution in [3.05, 3.63) is 99.7 Å². The average molecular weight is 486 g/mol. The van der Waals surface area contributed by atoms with Crippen molar-refractivity contribution in [3.63, 3.8) is 0 Å². The van der Waals surface area contributed by atoms with Crippen LogP contribution in [0.2, 0.25) is 0 Å². The number of fused-ring (bicyclic) bond motifs is 1. The van der Waals surface area contributed by atoms with Crippen molar-refractivity contribution in [1.29, 1.82) is 0 Å². The molecule has 0 bridgehead atoms. The molecular formula is C28H27N3O5. The second kappa shape index (κ2) is 9.05. The van der Waals surface area contributed by atoms with E-state index in [4.69, 9.17) is 14.9 Å². The fourth-order valence-corrected chi connectivity index (χ4v) is 4.60.